The molecule has 0 amide bonds. The van der Waals surface area contributed by atoms with Crippen LogP contribution < -0.4 is 4.74 Å². The van der Waals surface area contributed by atoms with Crippen LogP contribution in [0.5, 0.6) is 5.88 Å². The molecule has 3 aromatic rings. The van der Waals surface area contributed by atoms with Crippen LogP contribution in [0.1, 0.15) is 79.7 Å². The molecular formula is C30H35ClF3N3O2. The summed E-state index contributed by atoms with van der Waals surface area (Å²) in [4.78, 5) is 16.9. The Kier molecular flexibility index (Phi) is 8.74. The Bertz CT molecular complexity index is 1330. The van der Waals surface area contributed by atoms with Gasteiger partial charge in [-0.1, -0.05) is 23.7 Å². The summed E-state index contributed by atoms with van der Waals surface area (Å²) in [5.74, 6) is 0.127. The second-order valence-electron chi connectivity index (χ2n) is 11.0. The molecule has 9 heteroatoms. The number of carbonyl (C=O) groups is 1. The molecular weight excluding hydrogens is 527 g/mol. The minimum absolute atomic E-state index is 0.0619. The number of fused-ring (bicyclic) bond motifs is 1. The Labute approximate surface area is 232 Å². The second-order valence-corrected chi connectivity index (χ2v) is 11.5. The van der Waals surface area contributed by atoms with Gasteiger partial charge in [-0.25, -0.2) is 4.68 Å². The molecule has 5 nitrogen and oxygen atoms in total. The second kappa shape index (κ2) is 11.7. The zero-order chi connectivity index (χ0) is 28.4. The van der Waals surface area contributed by atoms with Gasteiger partial charge < -0.3 is 9.53 Å². The number of ether oxygens (including phenoxy) is 1. The molecule has 0 radical (unpaired) electrons. The first-order chi connectivity index (χ1) is 18.3. The maximum atomic E-state index is 13.7. The van der Waals surface area contributed by atoms with Crippen molar-refractivity contribution >= 4 is 17.4 Å². The molecule has 4 rings (SSSR count). The van der Waals surface area contributed by atoms with Crippen molar-refractivity contribution < 1.29 is 22.7 Å². The quantitative estimate of drug-likeness (QED) is 0.264. The Morgan fingerprint density at radius 1 is 1.10 bits per heavy atom. The number of rotatable bonds is 10. The molecule has 0 saturated heterocycles. The number of carbonyl (C=O) groups excluding carboxylic acids is 1. The highest BCUT2D eigenvalue weighted by atomic mass is 35.5. The molecule has 39 heavy (non-hydrogen) atoms. The minimum Gasteiger partial charge on any atom is -0.477 e. The molecule has 1 aliphatic rings. The first-order valence-electron chi connectivity index (χ1n) is 13.3. The van der Waals surface area contributed by atoms with E-state index in [4.69, 9.17) is 21.3 Å². The van der Waals surface area contributed by atoms with Gasteiger partial charge in [-0.05, 0) is 93.7 Å². The maximum absolute atomic E-state index is 13.7. The SMILES string of the molecule is CC(=O)CC(Cc1cc(OCCc2ccc3c(n2)CCCC3)n(C)n1)c1cc(Cl)cc(C(C)(C)C(F)(F)F)c1. The van der Waals surface area contributed by atoms with Crippen LogP contribution in [0.3, 0.4) is 0 Å². The highest BCUT2D eigenvalue weighted by Gasteiger charge is 2.48. The van der Waals surface area contributed by atoms with Gasteiger partial charge in [0, 0.05) is 42.4 Å². The van der Waals surface area contributed by atoms with Crippen molar-refractivity contribution in [3.8, 4) is 5.88 Å². The third kappa shape index (κ3) is 7.02. The molecule has 1 unspecified atom stereocenters. The van der Waals surface area contributed by atoms with Crippen LogP contribution >= 0.6 is 11.6 Å². The summed E-state index contributed by atoms with van der Waals surface area (Å²) in [6.07, 6.45) is 1.25. The van der Waals surface area contributed by atoms with Crippen LogP contribution in [0.15, 0.2) is 36.4 Å². The first-order valence-corrected chi connectivity index (χ1v) is 13.7. The average molecular weight is 562 g/mol. The number of hydrogen-bond acceptors (Lipinski definition) is 4. The van der Waals surface area contributed by atoms with Gasteiger partial charge in [0.15, 0.2) is 0 Å². The van der Waals surface area contributed by atoms with Crippen LogP contribution in [-0.4, -0.2) is 33.3 Å². The fourth-order valence-electron chi connectivity index (χ4n) is 5.05. The monoisotopic (exact) mass is 561 g/mol. The predicted molar refractivity (Wildman–Crippen MR) is 146 cm³/mol. The van der Waals surface area contributed by atoms with Crippen molar-refractivity contribution in [3.05, 3.63) is 75.2 Å². The van der Waals surface area contributed by atoms with Crippen LogP contribution in [0.4, 0.5) is 13.2 Å². The number of aromatic nitrogens is 3. The molecule has 1 aliphatic carbocycles. The van der Waals surface area contributed by atoms with Gasteiger partial charge >= 0.3 is 6.18 Å². The number of Topliss-reactive ketones (excluding diaryl/α,β-unsaturated/α-hetero) is 1. The number of alkyl halides is 3. The smallest absolute Gasteiger partial charge is 0.397 e. The molecule has 0 aliphatic heterocycles. The van der Waals surface area contributed by atoms with Gasteiger partial charge in [0.05, 0.1) is 17.7 Å². The molecule has 0 fully saturated rings. The molecule has 210 valence electrons. The number of ketones is 1. The molecule has 0 spiro atoms. The summed E-state index contributed by atoms with van der Waals surface area (Å²) in [5, 5.41) is 4.75. The van der Waals surface area contributed by atoms with Gasteiger partial charge in [0.2, 0.25) is 5.88 Å². The number of aryl methyl sites for hydroxylation is 3. The van der Waals surface area contributed by atoms with E-state index in [0.717, 1.165) is 32.4 Å². The molecule has 0 bridgehead atoms. The van der Waals surface area contributed by atoms with Crippen LogP contribution in [0, 0.1) is 0 Å². The van der Waals surface area contributed by atoms with Crippen molar-refractivity contribution in [3.63, 3.8) is 0 Å². The van der Waals surface area contributed by atoms with E-state index in [1.165, 1.54) is 43.2 Å². The van der Waals surface area contributed by atoms with Gasteiger partial charge in [-0.2, -0.15) is 18.3 Å². The third-order valence-corrected chi connectivity index (χ3v) is 7.76. The fourth-order valence-corrected chi connectivity index (χ4v) is 5.29. The Balaban J connectivity index is 1.48. The molecule has 0 saturated carbocycles. The van der Waals surface area contributed by atoms with E-state index in [9.17, 15) is 18.0 Å². The average Bonchev–Trinajstić information content (AvgIpc) is 3.20. The zero-order valence-electron chi connectivity index (χ0n) is 22.9. The normalized spacial score (nSPS) is 14.7. The molecule has 0 N–H and O–H groups in total. The summed E-state index contributed by atoms with van der Waals surface area (Å²) in [5.41, 5.74) is 2.77. The van der Waals surface area contributed by atoms with Crippen molar-refractivity contribution in [2.24, 2.45) is 7.05 Å². The van der Waals surface area contributed by atoms with Crippen molar-refractivity contribution in [2.45, 2.75) is 83.2 Å². The fraction of sp³-hybridized carbons (Fsp3) is 0.500. The first kappa shape index (κ1) is 29.1. The lowest BCUT2D eigenvalue weighted by atomic mass is 9.80. The van der Waals surface area contributed by atoms with E-state index in [0.29, 0.717) is 36.6 Å². The van der Waals surface area contributed by atoms with E-state index in [1.807, 2.05) is 6.07 Å². The lowest BCUT2D eigenvalue weighted by Gasteiger charge is -2.29. The Hall–Kier alpha value is -2.87. The number of pyridine rings is 1. The molecule has 1 atom stereocenters. The number of halogens is 4. The topological polar surface area (TPSA) is 57.0 Å². The highest BCUT2D eigenvalue weighted by Crippen LogP contribution is 2.42. The summed E-state index contributed by atoms with van der Waals surface area (Å²) >= 11 is 6.27. The highest BCUT2D eigenvalue weighted by molar-refractivity contribution is 6.30. The van der Waals surface area contributed by atoms with E-state index in [1.54, 1.807) is 17.8 Å². The van der Waals surface area contributed by atoms with Crippen LogP contribution in [0.25, 0.3) is 0 Å². The van der Waals surface area contributed by atoms with Gasteiger partial charge in [0.1, 0.15) is 5.78 Å². The van der Waals surface area contributed by atoms with Gasteiger partial charge in [0.25, 0.3) is 0 Å². The zero-order valence-corrected chi connectivity index (χ0v) is 23.6. The van der Waals surface area contributed by atoms with E-state index < -0.39 is 11.6 Å². The van der Waals surface area contributed by atoms with E-state index in [2.05, 4.69) is 17.2 Å². The standard InChI is InChI=1S/C30H35ClF3N3O2/c1-19(38)13-21(22-14-23(17-24(31)15-22)29(2,3)30(32,33)34)16-26-18-28(37(4)36-26)39-12-11-25-10-9-20-7-5-6-8-27(20)35-25/h9-10,14-15,17-18,21H,5-8,11-13,16H2,1-4H3. The predicted octanol–water partition coefficient (Wildman–Crippen LogP) is 7.11. The van der Waals surface area contributed by atoms with Gasteiger partial charge in [-0.15, -0.1) is 0 Å². The minimum atomic E-state index is -4.45. The van der Waals surface area contributed by atoms with Gasteiger partial charge in [-0.3, -0.25) is 4.98 Å². The maximum Gasteiger partial charge on any atom is 0.397 e. The number of benzene rings is 1. The summed E-state index contributed by atoms with van der Waals surface area (Å²) in [7, 11) is 1.78. The largest absolute Gasteiger partial charge is 0.477 e. The number of nitrogens with zero attached hydrogens (tertiary/aromatic N) is 3. The van der Waals surface area contributed by atoms with E-state index in [-0.39, 0.29) is 28.7 Å². The molecule has 2 heterocycles. The third-order valence-electron chi connectivity index (χ3n) is 7.54. The van der Waals surface area contributed by atoms with Crippen LogP contribution in [0.2, 0.25) is 5.02 Å². The van der Waals surface area contributed by atoms with E-state index >= 15 is 0 Å². The molecule has 2 aromatic heterocycles. The van der Waals surface area contributed by atoms with Crippen LogP contribution in [-0.2, 0) is 42.9 Å². The summed E-state index contributed by atoms with van der Waals surface area (Å²) in [6.45, 7) is 4.17. The Morgan fingerprint density at radius 2 is 1.85 bits per heavy atom. The van der Waals surface area contributed by atoms with Crippen molar-refractivity contribution in [2.75, 3.05) is 6.61 Å². The summed E-state index contributed by atoms with van der Waals surface area (Å²) in [6, 6.07) is 10.5. The lowest BCUT2D eigenvalue weighted by molar-refractivity contribution is -0.180. The van der Waals surface area contributed by atoms with Crippen molar-refractivity contribution in [1.29, 1.82) is 0 Å². The summed E-state index contributed by atoms with van der Waals surface area (Å²) < 4.78 is 48.9. The molecule has 1 aromatic carbocycles. The lowest BCUT2D eigenvalue weighted by Crippen LogP contribution is -2.36. The van der Waals surface area contributed by atoms with Crippen molar-refractivity contribution in [1.82, 2.24) is 14.8 Å². The number of hydrogen-bond donors (Lipinski definition) is 0. The Morgan fingerprint density at radius 3 is 2.56 bits per heavy atom.